The normalized spacial score (nSPS) is 17.2. The number of rotatable bonds is 5. The first-order chi connectivity index (χ1) is 71.2. The minimum atomic E-state index is -0.514. The molecule has 20 heterocycles. The summed E-state index contributed by atoms with van der Waals surface area (Å²) >= 11 is 0. The molecule has 0 amide bonds. The van der Waals surface area contributed by atoms with E-state index < -0.39 is 39.0 Å². The maximum absolute atomic E-state index is 2.65. The zero-order valence-corrected chi connectivity index (χ0v) is 84.6. The summed E-state index contributed by atoms with van der Waals surface area (Å²) in [4.78, 5) is 13.2. The standard InChI is InChI=1S/4C25H19BN2P.C24H17BN2P/c1-17-11-13-19(14-12-17)29-23-10-3-2-8-21(23)28-22-9-4-6-18-16-27-15-5-7-20(26(28)29)25(27)24(18)22;1-17-12-13-23-22(15-17)28-21-11-5-7-18-16-27-14-6-10-20(25(27)24(18)21)26(28)29(23)19-8-3-2-4-9-19;1-17-14-20-25-24-18(16-27(25)15-17)8-7-12-22(24)28-21-11-5-6-13-23(21)29(26(20)28)19-9-3-2-4-10-19;1-17-14-18-16-27-13-7-10-20-25(27)24(18)22(15-17)28-21-11-5-6-12-23(21)29(26(20)28)19-8-3-2-4-9-19;1-2-9-18(10-3-1)28-22-14-5-4-12-20(22)27-21-13-6-8-17-16-26-15-7-11-19(25(27)28)24(26)23(17)21/h4*2-15H,16H2,1H3;1-15H,16H2/q5*+1. The van der Waals surface area contributed by atoms with Gasteiger partial charge in [0, 0.05) is 142 Å². The number of aryl methyl sites for hydroxylation is 4. The van der Waals surface area contributed by atoms with Gasteiger partial charge in [-0.15, -0.1) is 0 Å². The van der Waals surface area contributed by atoms with Crippen LogP contribution in [0.1, 0.15) is 50.1 Å². The third-order valence-corrected chi connectivity index (χ3v) is 46.0. The molecular weight excluding hydrogens is 1840 g/mol. The molecule has 0 N–H and O–H groups in total. The molecule has 0 bridgehead atoms. The Hall–Kier alpha value is -14.5. The van der Waals surface area contributed by atoms with Crippen LogP contribution in [0, 0.1) is 27.7 Å². The molecule has 5 unspecified atom stereocenters. The molecule has 0 saturated heterocycles. The second-order valence-corrected chi connectivity index (χ2v) is 51.6. The molecule has 20 heteroatoms. The van der Waals surface area contributed by atoms with Gasteiger partial charge in [0.1, 0.15) is 0 Å². The van der Waals surface area contributed by atoms with Gasteiger partial charge < -0.3 is 24.1 Å². The van der Waals surface area contributed by atoms with Crippen molar-refractivity contribution < 1.29 is 22.8 Å². The quantitative estimate of drug-likeness (QED) is 0.0975. The van der Waals surface area contributed by atoms with Gasteiger partial charge in [0.25, 0.3) is 0 Å². The van der Waals surface area contributed by atoms with Crippen LogP contribution in [0.2, 0.25) is 0 Å². The number of para-hydroxylation sites is 4. The molecule has 674 valence electrons. The van der Waals surface area contributed by atoms with E-state index in [0.29, 0.717) is 32.8 Å². The van der Waals surface area contributed by atoms with Gasteiger partial charge in [-0.3, -0.25) is 0 Å². The molecular formula is C124H93B5N10P5+5. The van der Waals surface area contributed by atoms with Gasteiger partial charge >= 0.3 is 32.8 Å². The number of pyridine rings is 5. The van der Waals surface area contributed by atoms with Gasteiger partial charge in [-0.1, -0.05) is 309 Å². The molecule has 20 aromatic rings. The number of benzene rings is 15. The molecule has 15 aliphatic rings. The second kappa shape index (κ2) is 32.5. The lowest BCUT2D eigenvalue weighted by Gasteiger charge is -2.33. The van der Waals surface area contributed by atoms with Crippen LogP contribution in [-0.2, 0) is 32.7 Å². The van der Waals surface area contributed by atoms with E-state index >= 15 is 0 Å². The molecule has 0 aliphatic carbocycles. The van der Waals surface area contributed by atoms with Crippen molar-refractivity contribution in [2.75, 3.05) is 24.1 Å². The SMILES string of the molecule is Cc1cc2c3[n+](c1)Cc1cccc(c1-3)N1B2P(c2ccccc2)c2ccccc21.Cc1cc2c3c(c1)N1B(c4ccc[n+](c4-3)C2)P(c2ccccc2)c2ccccc21.Cc1ccc(P2B3c4ccc[n+]5c4-c4c(cccc4N3c3ccccc32)C5)cc1.Cc1ccc2c(c1)N1B(c3ccc[n+]4c3-c3c(cccc31)C4)P2c1ccccc1.c1ccc(P2B3c4ccc[n+]5c4-c4c(cccc4N3c3ccccc32)C5)cc1. The van der Waals surface area contributed by atoms with Crippen LogP contribution in [0.5, 0.6) is 0 Å². The highest BCUT2D eigenvalue weighted by Crippen LogP contribution is 2.63. The molecule has 5 atom stereocenters. The summed E-state index contributed by atoms with van der Waals surface area (Å²) in [5, 5.41) is 14.8. The molecule has 144 heavy (non-hydrogen) atoms. The van der Waals surface area contributed by atoms with Gasteiger partial charge in [-0.25, -0.2) is 0 Å². The maximum atomic E-state index is 2.65. The second-order valence-electron chi connectivity index (χ2n) is 40.5. The fourth-order valence-corrected chi connectivity index (χ4v) is 41.7. The maximum Gasteiger partial charge on any atom is 0.339 e. The lowest BCUT2D eigenvalue weighted by atomic mass is 9.70. The van der Waals surface area contributed by atoms with Crippen LogP contribution in [0.25, 0.3) is 56.3 Å². The monoisotopic (exact) mass is 1930 g/mol. The van der Waals surface area contributed by atoms with E-state index in [0.717, 1.165) is 32.7 Å². The van der Waals surface area contributed by atoms with Crippen molar-refractivity contribution in [3.05, 3.63) is 481 Å². The molecule has 0 radical (unpaired) electrons. The Kier molecular flexibility index (Phi) is 19.0. The minimum Gasteiger partial charge on any atom is -0.375 e. The number of anilines is 10. The van der Waals surface area contributed by atoms with E-state index in [9.17, 15) is 0 Å². The van der Waals surface area contributed by atoms with Crippen LogP contribution >= 0.6 is 39.0 Å². The number of fused-ring (bicyclic) bond motifs is 25. The summed E-state index contributed by atoms with van der Waals surface area (Å²) in [5.41, 5.74) is 48.2. The first-order valence-electron chi connectivity index (χ1n) is 50.6. The third-order valence-electron chi connectivity index (χ3n) is 32.3. The summed E-state index contributed by atoms with van der Waals surface area (Å²) < 4.78 is 12.3. The molecule has 15 aromatic carbocycles. The lowest BCUT2D eigenvalue weighted by molar-refractivity contribution is -0.671. The fraction of sp³-hybridized carbons (Fsp3) is 0.0726. The van der Waals surface area contributed by atoms with Crippen molar-refractivity contribution in [3.63, 3.8) is 0 Å². The van der Waals surface area contributed by atoms with E-state index in [1.165, 1.54) is 244 Å². The third kappa shape index (κ3) is 12.2. The van der Waals surface area contributed by atoms with Crippen molar-refractivity contribution in [2.45, 2.75) is 60.4 Å². The highest BCUT2D eigenvalue weighted by Gasteiger charge is 2.60. The minimum absolute atomic E-state index is 0.354. The Balaban J connectivity index is 0.0000000821. The van der Waals surface area contributed by atoms with Crippen LogP contribution < -0.4 is 127 Å². The Morgan fingerprint density at radius 2 is 0.458 bits per heavy atom. The van der Waals surface area contributed by atoms with Crippen molar-refractivity contribution in [2.24, 2.45) is 0 Å². The summed E-state index contributed by atoms with van der Waals surface area (Å²) in [6, 6.07) is 150. The Morgan fingerprint density at radius 1 is 0.188 bits per heavy atom. The van der Waals surface area contributed by atoms with E-state index in [1.807, 2.05) is 0 Å². The van der Waals surface area contributed by atoms with Crippen molar-refractivity contribution in [1.82, 2.24) is 0 Å². The predicted molar refractivity (Wildman–Crippen MR) is 608 cm³/mol. The van der Waals surface area contributed by atoms with Crippen molar-refractivity contribution in [1.29, 1.82) is 0 Å². The van der Waals surface area contributed by atoms with E-state index in [2.05, 4.69) is 506 Å². The number of aromatic nitrogens is 5. The summed E-state index contributed by atoms with van der Waals surface area (Å²) in [7, 11) is -2.55. The average molecular weight is 1930 g/mol. The van der Waals surface area contributed by atoms with Gasteiger partial charge in [0.05, 0.1) is 27.8 Å². The summed E-state index contributed by atoms with van der Waals surface area (Å²) in [6.07, 6.45) is 11.3. The average Bonchev–Trinajstić information content (AvgIpc) is 1.58. The smallest absolute Gasteiger partial charge is 0.339 e. The van der Waals surface area contributed by atoms with Crippen molar-refractivity contribution >= 4 is 209 Å². The van der Waals surface area contributed by atoms with Crippen molar-refractivity contribution in [3.8, 4) is 56.3 Å². The molecule has 5 aromatic heterocycles. The van der Waals surface area contributed by atoms with E-state index in [1.54, 1.807) is 0 Å². The highest BCUT2D eigenvalue weighted by molar-refractivity contribution is 8.06. The number of hydrogen-bond donors (Lipinski definition) is 0. The fourth-order valence-electron chi connectivity index (χ4n) is 26.9. The molecule has 0 spiro atoms. The zero-order chi connectivity index (χ0) is 94.7. The van der Waals surface area contributed by atoms with E-state index in [4.69, 9.17) is 0 Å². The van der Waals surface area contributed by atoms with Gasteiger partial charge in [-0.05, 0) is 204 Å². The predicted octanol–water partition coefficient (Wildman–Crippen LogP) is 17.7. The molecule has 35 rings (SSSR count). The van der Waals surface area contributed by atoms with Crippen LogP contribution in [0.4, 0.5) is 56.9 Å². The van der Waals surface area contributed by atoms with Gasteiger partial charge in [0.15, 0.2) is 63.7 Å². The highest BCUT2D eigenvalue weighted by atomic mass is 31.1. The topological polar surface area (TPSA) is 35.6 Å². The van der Waals surface area contributed by atoms with Gasteiger partial charge in [-0.2, -0.15) is 22.8 Å². The number of hydrogen-bond acceptors (Lipinski definition) is 5. The number of nitrogens with zero attached hydrogens (tertiary/aromatic N) is 10. The largest absolute Gasteiger partial charge is 0.375 e. The molecule has 15 aliphatic heterocycles. The lowest BCUT2D eigenvalue weighted by Crippen LogP contribution is -2.51. The summed E-state index contributed by atoms with van der Waals surface area (Å²) in [6.45, 7) is 15.5. The van der Waals surface area contributed by atoms with Crippen LogP contribution in [0.3, 0.4) is 0 Å². The first-order valence-corrected chi connectivity index (χ1v) is 57.6. The molecule has 10 nitrogen and oxygen atoms in total. The van der Waals surface area contributed by atoms with E-state index in [-0.39, 0.29) is 0 Å². The Labute approximate surface area is 847 Å². The first kappa shape index (κ1) is 84.1. The van der Waals surface area contributed by atoms with Crippen LogP contribution in [0.15, 0.2) is 431 Å². The summed E-state index contributed by atoms with van der Waals surface area (Å²) in [5.74, 6) is 0. The van der Waals surface area contributed by atoms with Crippen LogP contribution in [-0.4, -0.2) is 32.8 Å². The zero-order valence-electron chi connectivity index (χ0n) is 80.1. The Morgan fingerprint density at radius 3 is 0.826 bits per heavy atom. The molecule has 0 saturated carbocycles. The molecule has 0 fully saturated rings. The Bertz CT molecular complexity index is 8910. The van der Waals surface area contributed by atoms with Gasteiger partial charge in [0.2, 0.25) is 28.5 Å².